The summed E-state index contributed by atoms with van der Waals surface area (Å²) in [4.78, 5) is 36.8. The fourth-order valence-electron chi connectivity index (χ4n) is 2.57. The van der Waals surface area contributed by atoms with Gasteiger partial charge in [0.2, 0.25) is 5.91 Å². The first-order valence-electron chi connectivity index (χ1n) is 7.18. The summed E-state index contributed by atoms with van der Waals surface area (Å²) in [5.41, 5.74) is 0.898. The molecule has 6 nitrogen and oxygen atoms in total. The van der Waals surface area contributed by atoms with E-state index in [2.05, 4.69) is 5.32 Å². The second-order valence-electron chi connectivity index (χ2n) is 5.33. The van der Waals surface area contributed by atoms with Gasteiger partial charge in [-0.25, -0.2) is 9.69 Å². The molecule has 24 heavy (non-hydrogen) atoms. The maximum atomic E-state index is 12.5. The van der Waals surface area contributed by atoms with E-state index in [1.807, 2.05) is 0 Å². The van der Waals surface area contributed by atoms with Crippen molar-refractivity contribution in [1.82, 2.24) is 0 Å². The third-order valence-corrected chi connectivity index (χ3v) is 3.90. The predicted octanol–water partition coefficient (Wildman–Crippen LogP) is 2.78. The zero-order chi connectivity index (χ0) is 17.3. The lowest BCUT2D eigenvalue weighted by Gasteiger charge is -2.16. The number of benzene rings is 2. The molecule has 1 aliphatic rings. The quantitative estimate of drug-likeness (QED) is 0.833. The number of nitrogens with one attached hydrogen (secondary N) is 1. The van der Waals surface area contributed by atoms with Crippen LogP contribution in [0.1, 0.15) is 16.8 Å². The van der Waals surface area contributed by atoms with Crippen LogP contribution in [0, 0.1) is 0 Å². The van der Waals surface area contributed by atoms with Gasteiger partial charge in [0.25, 0.3) is 5.91 Å². The van der Waals surface area contributed by atoms with E-state index < -0.39 is 17.9 Å². The van der Waals surface area contributed by atoms with Gasteiger partial charge in [0, 0.05) is 10.7 Å². The number of hydrogen-bond donors (Lipinski definition) is 2. The molecule has 0 saturated carbocycles. The normalized spacial score (nSPS) is 17.2. The van der Waals surface area contributed by atoms with Gasteiger partial charge in [-0.2, -0.15) is 0 Å². The smallest absolute Gasteiger partial charge is 0.335 e. The van der Waals surface area contributed by atoms with Crippen molar-refractivity contribution in [3.63, 3.8) is 0 Å². The van der Waals surface area contributed by atoms with Crippen LogP contribution < -0.4 is 10.2 Å². The van der Waals surface area contributed by atoms with Crippen molar-refractivity contribution in [2.75, 3.05) is 10.2 Å². The van der Waals surface area contributed by atoms with Gasteiger partial charge < -0.3 is 10.4 Å². The van der Waals surface area contributed by atoms with Crippen molar-refractivity contribution in [2.45, 2.75) is 12.5 Å². The predicted molar refractivity (Wildman–Crippen MR) is 89.4 cm³/mol. The molecule has 0 aliphatic carbocycles. The van der Waals surface area contributed by atoms with Crippen LogP contribution in [0.25, 0.3) is 0 Å². The first kappa shape index (κ1) is 16.0. The molecular formula is C17H13ClN2O4. The summed E-state index contributed by atoms with van der Waals surface area (Å²) in [7, 11) is 0. The molecule has 1 heterocycles. The van der Waals surface area contributed by atoms with Crippen LogP contribution in [0.3, 0.4) is 0 Å². The molecule has 1 atom stereocenters. The van der Waals surface area contributed by atoms with Crippen molar-refractivity contribution in [1.29, 1.82) is 0 Å². The van der Waals surface area contributed by atoms with E-state index in [0.717, 1.165) is 4.90 Å². The summed E-state index contributed by atoms with van der Waals surface area (Å²) in [5, 5.41) is 12.5. The SMILES string of the molecule is O=C(O)c1cccc(N2C(=O)C[C@H](Nc3cccc(Cl)c3)C2=O)c1. The van der Waals surface area contributed by atoms with Crippen LogP contribution in [0.15, 0.2) is 48.5 Å². The Morgan fingerprint density at radius 1 is 1.17 bits per heavy atom. The molecule has 3 rings (SSSR count). The minimum atomic E-state index is -1.12. The highest BCUT2D eigenvalue weighted by Gasteiger charge is 2.39. The number of carbonyl (C=O) groups excluding carboxylic acids is 2. The van der Waals surface area contributed by atoms with E-state index in [0.29, 0.717) is 10.7 Å². The minimum absolute atomic E-state index is 0.0113. The van der Waals surface area contributed by atoms with E-state index >= 15 is 0 Å². The van der Waals surface area contributed by atoms with Gasteiger partial charge in [0.15, 0.2) is 0 Å². The molecule has 0 bridgehead atoms. The second kappa shape index (κ2) is 6.33. The van der Waals surface area contributed by atoms with Gasteiger partial charge in [0.05, 0.1) is 17.7 Å². The third-order valence-electron chi connectivity index (χ3n) is 3.66. The lowest BCUT2D eigenvalue weighted by Crippen LogP contribution is -2.34. The van der Waals surface area contributed by atoms with Gasteiger partial charge >= 0.3 is 5.97 Å². The number of amides is 2. The maximum Gasteiger partial charge on any atom is 0.335 e. The van der Waals surface area contributed by atoms with Gasteiger partial charge in [0.1, 0.15) is 6.04 Å². The van der Waals surface area contributed by atoms with Crippen LogP contribution in [-0.4, -0.2) is 28.9 Å². The number of carboxylic acids is 1. The lowest BCUT2D eigenvalue weighted by atomic mass is 10.2. The maximum absolute atomic E-state index is 12.5. The number of imide groups is 1. The van der Waals surface area contributed by atoms with Gasteiger partial charge in [-0.15, -0.1) is 0 Å². The monoisotopic (exact) mass is 344 g/mol. The fraction of sp³-hybridized carbons (Fsp3) is 0.118. The highest BCUT2D eigenvalue weighted by atomic mass is 35.5. The van der Waals surface area contributed by atoms with Crippen LogP contribution in [-0.2, 0) is 9.59 Å². The van der Waals surface area contributed by atoms with E-state index in [9.17, 15) is 14.4 Å². The van der Waals surface area contributed by atoms with E-state index in [4.69, 9.17) is 16.7 Å². The van der Waals surface area contributed by atoms with Crippen molar-refractivity contribution in [3.8, 4) is 0 Å². The molecule has 0 radical (unpaired) electrons. The molecule has 0 unspecified atom stereocenters. The highest BCUT2D eigenvalue weighted by molar-refractivity contribution is 6.30. The first-order chi connectivity index (χ1) is 11.5. The lowest BCUT2D eigenvalue weighted by molar-refractivity contribution is -0.121. The Hall–Kier alpha value is -2.86. The van der Waals surface area contributed by atoms with Crippen molar-refractivity contribution < 1.29 is 19.5 Å². The number of anilines is 2. The van der Waals surface area contributed by atoms with E-state index in [1.165, 1.54) is 24.3 Å². The largest absolute Gasteiger partial charge is 0.478 e. The standard InChI is InChI=1S/C17H13ClN2O4/c18-11-4-2-5-12(8-11)19-14-9-15(21)20(16(14)22)13-6-1-3-10(7-13)17(23)24/h1-8,14,19H,9H2,(H,23,24)/t14-/m0/s1. The zero-order valence-corrected chi connectivity index (χ0v) is 13.2. The summed E-state index contributed by atoms with van der Waals surface area (Å²) in [5.74, 6) is -1.94. The number of aromatic carboxylic acids is 1. The minimum Gasteiger partial charge on any atom is -0.478 e. The van der Waals surface area contributed by atoms with Crippen LogP contribution >= 0.6 is 11.6 Å². The van der Waals surface area contributed by atoms with Crippen LogP contribution in [0.2, 0.25) is 5.02 Å². The molecule has 1 fully saturated rings. The Balaban J connectivity index is 1.84. The summed E-state index contributed by atoms with van der Waals surface area (Å²) in [6.07, 6.45) is -0.0113. The van der Waals surface area contributed by atoms with Gasteiger partial charge in [-0.3, -0.25) is 9.59 Å². The van der Waals surface area contributed by atoms with Crippen LogP contribution in [0.4, 0.5) is 11.4 Å². The van der Waals surface area contributed by atoms with Crippen molar-refractivity contribution >= 4 is 40.8 Å². The molecule has 2 aromatic carbocycles. The fourth-order valence-corrected chi connectivity index (χ4v) is 2.76. The molecule has 0 spiro atoms. The molecule has 0 aromatic heterocycles. The molecule has 7 heteroatoms. The Morgan fingerprint density at radius 3 is 2.62 bits per heavy atom. The van der Waals surface area contributed by atoms with Gasteiger partial charge in [-0.1, -0.05) is 23.7 Å². The Morgan fingerprint density at radius 2 is 1.92 bits per heavy atom. The summed E-state index contributed by atoms with van der Waals surface area (Å²) < 4.78 is 0. The average Bonchev–Trinajstić information content (AvgIpc) is 2.81. The van der Waals surface area contributed by atoms with Crippen molar-refractivity contribution in [3.05, 3.63) is 59.1 Å². The molecule has 1 saturated heterocycles. The number of halogens is 1. The third kappa shape index (κ3) is 3.09. The van der Waals surface area contributed by atoms with Crippen molar-refractivity contribution in [2.24, 2.45) is 0 Å². The molecule has 2 aromatic rings. The number of rotatable bonds is 4. The molecule has 122 valence electrons. The summed E-state index contributed by atoms with van der Waals surface area (Å²) in [6.45, 7) is 0. The molecule has 1 aliphatic heterocycles. The van der Waals surface area contributed by atoms with Crippen LogP contribution in [0.5, 0.6) is 0 Å². The summed E-state index contributed by atoms with van der Waals surface area (Å²) in [6, 6.07) is 11.9. The summed E-state index contributed by atoms with van der Waals surface area (Å²) >= 11 is 5.91. The van der Waals surface area contributed by atoms with E-state index in [-0.39, 0.29) is 23.6 Å². The molecule has 2 amide bonds. The Labute approximate surface area is 142 Å². The molecular weight excluding hydrogens is 332 g/mol. The van der Waals surface area contributed by atoms with Gasteiger partial charge in [-0.05, 0) is 36.4 Å². The first-order valence-corrected chi connectivity index (χ1v) is 7.56. The zero-order valence-electron chi connectivity index (χ0n) is 12.4. The Bertz CT molecular complexity index is 837. The molecule has 2 N–H and O–H groups in total. The highest BCUT2D eigenvalue weighted by Crippen LogP contribution is 2.26. The Kier molecular flexibility index (Phi) is 4.22. The number of hydrogen-bond acceptors (Lipinski definition) is 4. The topological polar surface area (TPSA) is 86.7 Å². The second-order valence-corrected chi connectivity index (χ2v) is 5.77. The average molecular weight is 345 g/mol. The number of nitrogens with zero attached hydrogens (tertiary/aromatic N) is 1. The number of carbonyl (C=O) groups is 3. The number of carboxylic acid groups (broad SMARTS) is 1. The van der Waals surface area contributed by atoms with E-state index in [1.54, 1.807) is 24.3 Å².